The van der Waals surface area contributed by atoms with Crippen molar-refractivity contribution in [1.82, 2.24) is 0 Å². The SMILES string of the molecule is CC(=O)SCC(O)C(O)c1ccc(F)c(C=O)c1. The van der Waals surface area contributed by atoms with Crippen LogP contribution in [-0.2, 0) is 4.79 Å². The van der Waals surface area contributed by atoms with Crippen LogP contribution in [0.25, 0.3) is 0 Å². The molecule has 0 heterocycles. The third kappa shape index (κ3) is 3.90. The lowest BCUT2D eigenvalue weighted by Crippen LogP contribution is -2.21. The van der Waals surface area contributed by atoms with Crippen LogP contribution in [0, 0.1) is 5.82 Å². The number of hydrogen-bond acceptors (Lipinski definition) is 5. The number of carbonyl (C=O) groups is 2. The predicted octanol–water partition coefficient (Wildman–Crippen LogP) is 1.31. The van der Waals surface area contributed by atoms with Crippen molar-refractivity contribution < 1.29 is 24.2 Å². The number of benzene rings is 1. The van der Waals surface area contributed by atoms with Crippen LogP contribution in [0.4, 0.5) is 4.39 Å². The Balaban J connectivity index is 2.79. The molecule has 0 aromatic heterocycles. The Morgan fingerprint density at radius 3 is 2.72 bits per heavy atom. The summed E-state index contributed by atoms with van der Waals surface area (Å²) in [6.07, 6.45) is -2.09. The van der Waals surface area contributed by atoms with Gasteiger partial charge in [-0.25, -0.2) is 4.39 Å². The van der Waals surface area contributed by atoms with E-state index in [9.17, 15) is 24.2 Å². The molecule has 0 saturated heterocycles. The van der Waals surface area contributed by atoms with Crippen LogP contribution in [-0.4, -0.2) is 33.5 Å². The van der Waals surface area contributed by atoms with Crippen molar-refractivity contribution in [2.24, 2.45) is 0 Å². The molecule has 0 aliphatic heterocycles. The van der Waals surface area contributed by atoms with Gasteiger partial charge in [0.25, 0.3) is 0 Å². The van der Waals surface area contributed by atoms with Crippen molar-refractivity contribution in [1.29, 1.82) is 0 Å². The molecule has 0 amide bonds. The van der Waals surface area contributed by atoms with E-state index < -0.39 is 18.0 Å². The molecule has 0 aliphatic carbocycles. The topological polar surface area (TPSA) is 74.6 Å². The lowest BCUT2D eigenvalue weighted by atomic mass is 10.0. The molecule has 0 spiro atoms. The van der Waals surface area contributed by atoms with Gasteiger partial charge in [0.1, 0.15) is 11.9 Å². The van der Waals surface area contributed by atoms with Crippen molar-refractivity contribution >= 4 is 23.2 Å². The standard InChI is InChI=1S/C12H13FO4S/c1-7(15)18-6-11(16)12(17)8-2-3-10(13)9(4-8)5-14/h2-5,11-12,16-17H,6H2,1H3. The molecular weight excluding hydrogens is 259 g/mol. The first kappa shape index (κ1) is 14.8. The number of rotatable bonds is 5. The van der Waals surface area contributed by atoms with Gasteiger partial charge in [0.2, 0.25) is 0 Å². The summed E-state index contributed by atoms with van der Waals surface area (Å²) in [5.74, 6) is -0.654. The molecule has 0 saturated carbocycles. The average molecular weight is 272 g/mol. The van der Waals surface area contributed by atoms with Gasteiger partial charge in [0, 0.05) is 12.7 Å². The summed E-state index contributed by atoms with van der Waals surface area (Å²) >= 11 is 0.883. The third-order valence-corrected chi connectivity index (χ3v) is 3.23. The van der Waals surface area contributed by atoms with Gasteiger partial charge in [0.05, 0.1) is 11.7 Å². The van der Waals surface area contributed by atoms with Gasteiger partial charge in [-0.15, -0.1) is 0 Å². The molecule has 18 heavy (non-hydrogen) atoms. The minimum atomic E-state index is -1.27. The van der Waals surface area contributed by atoms with E-state index in [1.807, 2.05) is 0 Å². The van der Waals surface area contributed by atoms with Crippen LogP contribution in [0.1, 0.15) is 28.9 Å². The van der Waals surface area contributed by atoms with Crippen LogP contribution >= 0.6 is 11.8 Å². The normalized spacial score (nSPS) is 14.0. The van der Waals surface area contributed by atoms with Crippen molar-refractivity contribution in [3.63, 3.8) is 0 Å². The van der Waals surface area contributed by atoms with Crippen LogP contribution in [0.2, 0.25) is 0 Å². The number of thioether (sulfide) groups is 1. The Kier molecular flexibility index (Phi) is 5.46. The van der Waals surface area contributed by atoms with Crippen LogP contribution < -0.4 is 0 Å². The largest absolute Gasteiger partial charge is 0.389 e. The Morgan fingerprint density at radius 1 is 1.50 bits per heavy atom. The fraction of sp³-hybridized carbons (Fsp3) is 0.333. The molecule has 4 nitrogen and oxygen atoms in total. The first-order chi connectivity index (χ1) is 8.45. The number of aliphatic hydroxyl groups is 2. The summed E-state index contributed by atoms with van der Waals surface area (Å²) in [6, 6.07) is 3.51. The maximum atomic E-state index is 13.1. The number of carbonyl (C=O) groups excluding carboxylic acids is 2. The molecule has 2 unspecified atom stereocenters. The molecule has 2 atom stereocenters. The summed E-state index contributed by atoms with van der Waals surface area (Å²) in [5.41, 5.74) is 0.0492. The van der Waals surface area contributed by atoms with E-state index in [-0.39, 0.29) is 22.0 Å². The van der Waals surface area contributed by atoms with Crippen molar-refractivity contribution in [3.05, 3.63) is 35.1 Å². The van der Waals surface area contributed by atoms with E-state index in [4.69, 9.17) is 0 Å². The highest BCUT2D eigenvalue weighted by Crippen LogP contribution is 2.21. The fourth-order valence-corrected chi connectivity index (χ4v) is 1.94. The highest BCUT2D eigenvalue weighted by Gasteiger charge is 2.20. The molecule has 1 rings (SSSR count). The monoisotopic (exact) mass is 272 g/mol. The van der Waals surface area contributed by atoms with Gasteiger partial charge in [-0.3, -0.25) is 9.59 Å². The molecule has 6 heteroatoms. The van der Waals surface area contributed by atoms with E-state index in [0.29, 0.717) is 6.29 Å². The molecule has 1 aromatic carbocycles. The Bertz CT molecular complexity index is 450. The minimum absolute atomic E-state index is 0.0320. The fourth-order valence-electron chi connectivity index (χ4n) is 1.35. The number of aliphatic hydroxyl groups excluding tert-OH is 2. The second-order valence-corrected chi connectivity index (χ2v) is 4.91. The van der Waals surface area contributed by atoms with Gasteiger partial charge >= 0.3 is 0 Å². The maximum absolute atomic E-state index is 13.1. The van der Waals surface area contributed by atoms with E-state index >= 15 is 0 Å². The van der Waals surface area contributed by atoms with Gasteiger partial charge in [0.15, 0.2) is 11.4 Å². The molecule has 0 radical (unpaired) electrons. The summed E-state index contributed by atoms with van der Waals surface area (Å²) in [5, 5.41) is 19.3. The quantitative estimate of drug-likeness (QED) is 0.791. The van der Waals surface area contributed by atoms with Crippen molar-refractivity contribution in [3.8, 4) is 0 Å². The molecule has 0 bridgehead atoms. The zero-order chi connectivity index (χ0) is 13.7. The summed E-state index contributed by atoms with van der Waals surface area (Å²) in [7, 11) is 0. The number of aldehydes is 1. The molecule has 2 N–H and O–H groups in total. The predicted molar refractivity (Wildman–Crippen MR) is 65.9 cm³/mol. The molecule has 98 valence electrons. The van der Waals surface area contributed by atoms with Crippen LogP contribution in [0.15, 0.2) is 18.2 Å². The van der Waals surface area contributed by atoms with Crippen LogP contribution in [0.3, 0.4) is 0 Å². The van der Waals surface area contributed by atoms with E-state index in [2.05, 4.69) is 0 Å². The Hall–Kier alpha value is -1.24. The lowest BCUT2D eigenvalue weighted by molar-refractivity contribution is -0.109. The number of halogens is 1. The Morgan fingerprint density at radius 2 is 2.17 bits per heavy atom. The zero-order valence-corrected chi connectivity index (χ0v) is 10.5. The van der Waals surface area contributed by atoms with E-state index in [1.54, 1.807) is 0 Å². The highest BCUT2D eigenvalue weighted by atomic mass is 32.2. The smallest absolute Gasteiger partial charge is 0.185 e. The third-order valence-electron chi connectivity index (χ3n) is 2.31. The molecular formula is C12H13FO4S. The maximum Gasteiger partial charge on any atom is 0.185 e. The van der Waals surface area contributed by atoms with Gasteiger partial charge in [-0.05, 0) is 17.7 Å². The van der Waals surface area contributed by atoms with E-state index in [0.717, 1.165) is 17.8 Å². The number of hydrogen-bond donors (Lipinski definition) is 2. The average Bonchev–Trinajstić information content (AvgIpc) is 2.35. The molecule has 0 fully saturated rings. The lowest BCUT2D eigenvalue weighted by Gasteiger charge is -2.17. The second kappa shape index (κ2) is 6.63. The first-order valence-corrected chi connectivity index (χ1v) is 6.18. The van der Waals surface area contributed by atoms with Crippen LogP contribution in [0.5, 0.6) is 0 Å². The van der Waals surface area contributed by atoms with Crippen molar-refractivity contribution in [2.45, 2.75) is 19.1 Å². The minimum Gasteiger partial charge on any atom is -0.389 e. The van der Waals surface area contributed by atoms with Gasteiger partial charge in [-0.2, -0.15) is 0 Å². The first-order valence-electron chi connectivity index (χ1n) is 5.19. The zero-order valence-electron chi connectivity index (χ0n) is 9.67. The summed E-state index contributed by atoms with van der Waals surface area (Å²) < 4.78 is 13.1. The summed E-state index contributed by atoms with van der Waals surface area (Å²) in [6.45, 7) is 1.35. The molecule has 1 aromatic rings. The van der Waals surface area contributed by atoms with Gasteiger partial charge in [-0.1, -0.05) is 17.8 Å². The molecule has 0 aliphatic rings. The second-order valence-electron chi connectivity index (χ2n) is 3.71. The van der Waals surface area contributed by atoms with Crippen molar-refractivity contribution in [2.75, 3.05) is 5.75 Å². The Labute approximate surface area is 108 Å². The van der Waals surface area contributed by atoms with Gasteiger partial charge < -0.3 is 10.2 Å². The summed E-state index contributed by atoms with van der Waals surface area (Å²) in [4.78, 5) is 21.3. The highest BCUT2D eigenvalue weighted by molar-refractivity contribution is 8.13. The van der Waals surface area contributed by atoms with E-state index in [1.165, 1.54) is 19.1 Å².